The fourth-order valence-corrected chi connectivity index (χ4v) is 3.44. The van der Waals surface area contributed by atoms with Gasteiger partial charge in [0.2, 0.25) is 0 Å². The highest BCUT2D eigenvalue weighted by atomic mass is 32.2. The summed E-state index contributed by atoms with van der Waals surface area (Å²) in [6.07, 6.45) is 7.81. The maximum atomic E-state index is 11.3. The Bertz CT molecular complexity index is 278. The van der Waals surface area contributed by atoms with Crippen molar-refractivity contribution >= 4 is 16.6 Å². The van der Waals surface area contributed by atoms with Crippen LogP contribution in [0.25, 0.3) is 0 Å². The lowest BCUT2D eigenvalue weighted by atomic mass is 10.1. The van der Waals surface area contributed by atoms with Crippen LogP contribution in [0.15, 0.2) is 4.99 Å². The average molecular weight is 228 g/mol. The Kier molecular flexibility index (Phi) is 3.78. The van der Waals surface area contributed by atoms with Gasteiger partial charge in [0, 0.05) is 48.4 Å². The van der Waals surface area contributed by atoms with E-state index in [4.69, 9.17) is 0 Å². The largest absolute Gasteiger partial charge is 0.356 e. The quantitative estimate of drug-likeness (QED) is 0.716. The fraction of sp³-hybridized carbons (Fsp3) is 0.909. The first-order valence-electron chi connectivity index (χ1n) is 5.87. The van der Waals surface area contributed by atoms with Crippen molar-refractivity contribution in [2.45, 2.75) is 38.1 Å². The molecule has 0 aromatic carbocycles. The molecule has 2 unspecified atom stereocenters. The molecule has 1 saturated heterocycles. The minimum Gasteiger partial charge on any atom is -0.356 e. The molecule has 2 aliphatic heterocycles. The summed E-state index contributed by atoms with van der Waals surface area (Å²) in [6.45, 7) is 2.12. The van der Waals surface area contributed by atoms with Crippen LogP contribution in [0, 0.1) is 0 Å². The Morgan fingerprint density at radius 3 is 3.13 bits per heavy atom. The van der Waals surface area contributed by atoms with Crippen molar-refractivity contribution in [1.82, 2.24) is 4.90 Å². The third-order valence-corrected chi connectivity index (χ3v) is 4.09. The molecule has 1 fully saturated rings. The zero-order valence-electron chi connectivity index (χ0n) is 9.45. The van der Waals surface area contributed by atoms with Gasteiger partial charge >= 0.3 is 0 Å². The highest BCUT2D eigenvalue weighted by Gasteiger charge is 2.26. The van der Waals surface area contributed by atoms with Gasteiger partial charge in [0.1, 0.15) is 0 Å². The molecule has 0 spiro atoms. The first-order chi connectivity index (χ1) is 7.27. The summed E-state index contributed by atoms with van der Waals surface area (Å²) in [6, 6.07) is 0.484. The Balaban J connectivity index is 2.10. The molecule has 2 atom stereocenters. The van der Waals surface area contributed by atoms with E-state index in [2.05, 4.69) is 9.89 Å². The van der Waals surface area contributed by atoms with Crippen molar-refractivity contribution in [3.8, 4) is 0 Å². The molecule has 4 heteroatoms. The molecular formula is C11H20N2OS. The van der Waals surface area contributed by atoms with Crippen LogP contribution in [0.2, 0.25) is 0 Å². The summed E-state index contributed by atoms with van der Waals surface area (Å²) in [7, 11) is -0.683. The van der Waals surface area contributed by atoms with E-state index in [1.807, 2.05) is 6.26 Å². The molecule has 0 radical (unpaired) electrons. The van der Waals surface area contributed by atoms with Crippen molar-refractivity contribution in [3.05, 3.63) is 0 Å². The Morgan fingerprint density at radius 2 is 2.33 bits per heavy atom. The van der Waals surface area contributed by atoms with Gasteiger partial charge in [0.25, 0.3) is 0 Å². The second-order valence-electron chi connectivity index (χ2n) is 4.48. The zero-order chi connectivity index (χ0) is 10.7. The molecule has 0 bridgehead atoms. The lowest BCUT2D eigenvalue weighted by Gasteiger charge is -2.34. The molecule has 3 nitrogen and oxygen atoms in total. The number of fused-ring (bicyclic) bond motifs is 1. The van der Waals surface area contributed by atoms with Gasteiger partial charge in [-0.05, 0) is 19.3 Å². The van der Waals surface area contributed by atoms with Gasteiger partial charge in [-0.1, -0.05) is 6.42 Å². The second-order valence-corrected chi connectivity index (χ2v) is 5.96. The molecule has 0 N–H and O–H groups in total. The second kappa shape index (κ2) is 5.10. The highest BCUT2D eigenvalue weighted by molar-refractivity contribution is 7.84. The van der Waals surface area contributed by atoms with Gasteiger partial charge in [-0.25, -0.2) is 0 Å². The molecule has 0 aliphatic carbocycles. The van der Waals surface area contributed by atoms with E-state index in [1.165, 1.54) is 25.1 Å². The number of rotatable bonds is 2. The Hall–Kier alpha value is -0.380. The molecule has 2 aliphatic rings. The summed E-state index contributed by atoms with van der Waals surface area (Å²) in [5, 5.41) is 0. The predicted octanol–water partition coefficient (Wildman–Crippen LogP) is 1.41. The number of hydrogen-bond donors (Lipinski definition) is 0. The van der Waals surface area contributed by atoms with Crippen LogP contribution in [0.3, 0.4) is 0 Å². The summed E-state index contributed by atoms with van der Waals surface area (Å²) in [5.41, 5.74) is 0. The van der Waals surface area contributed by atoms with Crippen molar-refractivity contribution in [1.29, 1.82) is 0 Å². The molecule has 2 rings (SSSR count). The number of hydrogen-bond acceptors (Lipinski definition) is 3. The molecule has 0 aromatic heterocycles. The van der Waals surface area contributed by atoms with Crippen molar-refractivity contribution in [2.24, 2.45) is 4.99 Å². The van der Waals surface area contributed by atoms with Crippen LogP contribution in [0.1, 0.15) is 32.1 Å². The van der Waals surface area contributed by atoms with Gasteiger partial charge in [-0.3, -0.25) is 9.20 Å². The van der Waals surface area contributed by atoms with Crippen molar-refractivity contribution in [2.75, 3.05) is 25.1 Å². The maximum absolute atomic E-state index is 11.3. The lowest BCUT2D eigenvalue weighted by Crippen LogP contribution is -2.44. The zero-order valence-corrected chi connectivity index (χ0v) is 10.3. The first kappa shape index (κ1) is 11.1. The lowest BCUT2D eigenvalue weighted by molar-refractivity contribution is 0.307. The number of nitrogens with zero attached hydrogens (tertiary/aromatic N) is 2. The van der Waals surface area contributed by atoms with Gasteiger partial charge in [-0.15, -0.1) is 0 Å². The summed E-state index contributed by atoms with van der Waals surface area (Å²) < 4.78 is 11.3. The molecule has 2 heterocycles. The van der Waals surface area contributed by atoms with Crippen LogP contribution in [-0.4, -0.2) is 46.1 Å². The van der Waals surface area contributed by atoms with Gasteiger partial charge < -0.3 is 4.90 Å². The molecule has 15 heavy (non-hydrogen) atoms. The van der Waals surface area contributed by atoms with E-state index in [0.29, 0.717) is 6.04 Å². The normalized spacial score (nSPS) is 29.0. The van der Waals surface area contributed by atoms with E-state index in [9.17, 15) is 4.21 Å². The highest BCUT2D eigenvalue weighted by Crippen LogP contribution is 2.21. The average Bonchev–Trinajstić information content (AvgIpc) is 2.41. The molecule has 0 saturated carbocycles. The first-order valence-corrected chi connectivity index (χ1v) is 7.60. The Morgan fingerprint density at radius 1 is 1.47 bits per heavy atom. The van der Waals surface area contributed by atoms with Gasteiger partial charge in [0.05, 0.1) is 5.84 Å². The summed E-state index contributed by atoms with van der Waals surface area (Å²) >= 11 is 0. The van der Waals surface area contributed by atoms with E-state index in [-0.39, 0.29) is 0 Å². The summed E-state index contributed by atoms with van der Waals surface area (Å²) in [4.78, 5) is 7.04. The molecular weight excluding hydrogens is 208 g/mol. The van der Waals surface area contributed by atoms with Crippen molar-refractivity contribution in [3.63, 3.8) is 0 Å². The van der Waals surface area contributed by atoms with E-state index >= 15 is 0 Å². The van der Waals surface area contributed by atoms with Crippen molar-refractivity contribution < 1.29 is 4.21 Å². The predicted molar refractivity (Wildman–Crippen MR) is 64.8 cm³/mol. The fourth-order valence-electron chi connectivity index (χ4n) is 2.55. The monoisotopic (exact) mass is 228 g/mol. The smallest absolute Gasteiger partial charge is 0.0991 e. The standard InChI is InChI=1S/C11H20N2OS/c1-15(14)9-10-5-2-3-6-11-12-7-4-8-13(10)11/h10H,2-9H2,1H3. The Labute approximate surface area is 94.4 Å². The van der Waals surface area contributed by atoms with Crippen LogP contribution in [0.4, 0.5) is 0 Å². The number of amidine groups is 1. The van der Waals surface area contributed by atoms with Crippen LogP contribution in [0.5, 0.6) is 0 Å². The van der Waals surface area contributed by atoms with Gasteiger partial charge in [-0.2, -0.15) is 0 Å². The molecule has 86 valence electrons. The van der Waals surface area contributed by atoms with Crippen LogP contribution in [-0.2, 0) is 10.8 Å². The molecule has 0 amide bonds. The summed E-state index contributed by atoms with van der Waals surface area (Å²) in [5.74, 6) is 2.10. The SMILES string of the molecule is CS(=O)CC1CCCCC2=NCCCN21. The van der Waals surface area contributed by atoms with E-state index in [0.717, 1.165) is 31.7 Å². The van der Waals surface area contributed by atoms with E-state index in [1.54, 1.807) is 0 Å². The number of aliphatic imine (C=N–C) groups is 1. The third kappa shape index (κ3) is 2.80. The minimum absolute atomic E-state index is 0.484. The van der Waals surface area contributed by atoms with Gasteiger partial charge in [0.15, 0.2) is 0 Å². The topological polar surface area (TPSA) is 32.7 Å². The van der Waals surface area contributed by atoms with Crippen LogP contribution >= 0.6 is 0 Å². The van der Waals surface area contributed by atoms with Crippen LogP contribution < -0.4 is 0 Å². The minimum atomic E-state index is -0.683. The maximum Gasteiger partial charge on any atom is 0.0991 e. The third-order valence-electron chi connectivity index (χ3n) is 3.24. The molecule has 0 aromatic rings. The van der Waals surface area contributed by atoms with E-state index < -0.39 is 10.8 Å².